The van der Waals surface area contributed by atoms with Crippen molar-refractivity contribution in [3.05, 3.63) is 24.3 Å². The van der Waals surface area contributed by atoms with Crippen molar-refractivity contribution < 1.29 is 22.7 Å². The smallest absolute Gasteiger partial charge is 0.346 e. The quantitative estimate of drug-likeness (QED) is 0.754. The van der Waals surface area contributed by atoms with E-state index in [0.29, 0.717) is 5.75 Å². The van der Waals surface area contributed by atoms with Gasteiger partial charge in [0.05, 0.1) is 12.0 Å². The van der Waals surface area contributed by atoms with Gasteiger partial charge in [0.1, 0.15) is 5.75 Å². The maximum absolute atomic E-state index is 11.3. The van der Waals surface area contributed by atoms with Gasteiger partial charge in [-0.25, -0.2) is 13.2 Å². The molecule has 0 aliphatic rings. The molecule has 0 heterocycles. The van der Waals surface area contributed by atoms with Gasteiger partial charge in [0.25, 0.3) is 0 Å². The Morgan fingerprint density at radius 3 is 2.53 bits per heavy atom. The van der Waals surface area contributed by atoms with Crippen molar-refractivity contribution >= 4 is 15.8 Å². The summed E-state index contributed by atoms with van der Waals surface area (Å²) in [6, 6.07) is 5.96. The Hall–Kier alpha value is -1.56. The van der Waals surface area contributed by atoms with Crippen LogP contribution in [0.5, 0.6) is 5.75 Å². The Labute approximate surface area is 100 Å². The van der Waals surface area contributed by atoms with Crippen LogP contribution in [0.3, 0.4) is 0 Å². The van der Waals surface area contributed by atoms with E-state index in [9.17, 15) is 13.2 Å². The minimum absolute atomic E-state index is 0.145. The van der Waals surface area contributed by atoms with Gasteiger partial charge in [0.2, 0.25) is 0 Å². The van der Waals surface area contributed by atoms with Crippen LogP contribution in [0.2, 0.25) is 0 Å². The van der Waals surface area contributed by atoms with Crippen molar-refractivity contribution in [2.45, 2.75) is 17.9 Å². The van der Waals surface area contributed by atoms with Crippen LogP contribution in [-0.2, 0) is 19.4 Å². The third kappa shape index (κ3) is 3.74. The Morgan fingerprint density at radius 1 is 1.35 bits per heavy atom. The van der Waals surface area contributed by atoms with Gasteiger partial charge in [-0.05, 0) is 25.1 Å². The minimum Gasteiger partial charge on any atom is -0.479 e. The van der Waals surface area contributed by atoms with Gasteiger partial charge in [-0.15, -0.1) is 0 Å². The molecule has 0 aliphatic carbocycles. The van der Waals surface area contributed by atoms with Gasteiger partial charge in [-0.1, -0.05) is 6.07 Å². The molecule has 1 rings (SSSR count). The number of esters is 1. The fraction of sp³-hybridized carbons (Fsp3) is 0.364. The lowest BCUT2D eigenvalue weighted by atomic mass is 10.3. The average molecular weight is 258 g/mol. The third-order valence-corrected chi connectivity index (χ3v) is 3.19. The van der Waals surface area contributed by atoms with Crippen molar-refractivity contribution in [3.8, 4) is 5.75 Å². The van der Waals surface area contributed by atoms with Crippen LogP contribution < -0.4 is 4.74 Å². The first-order chi connectivity index (χ1) is 7.84. The molecular formula is C11H14O5S. The number of ether oxygens (including phenoxy) is 2. The monoisotopic (exact) mass is 258 g/mol. The molecule has 0 saturated heterocycles. The second-order valence-corrected chi connectivity index (χ2v) is 5.55. The van der Waals surface area contributed by atoms with Crippen molar-refractivity contribution in [3.63, 3.8) is 0 Å². The summed E-state index contributed by atoms with van der Waals surface area (Å²) in [5.41, 5.74) is 0. The normalized spacial score (nSPS) is 12.9. The number of hydrogen-bond donors (Lipinski definition) is 0. The largest absolute Gasteiger partial charge is 0.479 e. The fourth-order valence-electron chi connectivity index (χ4n) is 1.20. The lowest BCUT2D eigenvalue weighted by Gasteiger charge is -2.12. The van der Waals surface area contributed by atoms with Gasteiger partial charge in [0.15, 0.2) is 15.9 Å². The van der Waals surface area contributed by atoms with E-state index in [-0.39, 0.29) is 4.90 Å². The Kier molecular flexibility index (Phi) is 4.11. The molecule has 1 aromatic carbocycles. The van der Waals surface area contributed by atoms with E-state index in [1.54, 1.807) is 12.1 Å². The predicted molar refractivity (Wildman–Crippen MR) is 61.7 cm³/mol. The molecular weight excluding hydrogens is 244 g/mol. The van der Waals surface area contributed by atoms with Gasteiger partial charge < -0.3 is 9.47 Å². The highest BCUT2D eigenvalue weighted by atomic mass is 32.2. The van der Waals surface area contributed by atoms with E-state index < -0.39 is 21.9 Å². The van der Waals surface area contributed by atoms with Crippen molar-refractivity contribution in [2.75, 3.05) is 13.4 Å². The SMILES string of the molecule is COC(=O)[C@H](C)Oc1cccc(S(C)(=O)=O)c1. The van der Waals surface area contributed by atoms with E-state index in [1.807, 2.05) is 0 Å². The number of rotatable bonds is 4. The molecule has 0 spiro atoms. The van der Waals surface area contributed by atoms with Crippen LogP contribution in [0.4, 0.5) is 0 Å². The third-order valence-electron chi connectivity index (χ3n) is 2.08. The first kappa shape index (κ1) is 13.5. The van der Waals surface area contributed by atoms with Crippen molar-refractivity contribution in [1.29, 1.82) is 0 Å². The number of sulfone groups is 1. The molecule has 0 radical (unpaired) electrons. The van der Waals surface area contributed by atoms with E-state index >= 15 is 0 Å². The van der Waals surface area contributed by atoms with Gasteiger partial charge in [0, 0.05) is 6.26 Å². The summed E-state index contributed by atoms with van der Waals surface area (Å²) in [5, 5.41) is 0. The highest BCUT2D eigenvalue weighted by Crippen LogP contribution is 2.18. The molecule has 1 atom stereocenters. The zero-order valence-electron chi connectivity index (χ0n) is 9.84. The minimum atomic E-state index is -3.28. The molecule has 0 saturated carbocycles. The van der Waals surface area contributed by atoms with Crippen molar-refractivity contribution in [1.82, 2.24) is 0 Å². The van der Waals surface area contributed by atoms with Crippen LogP contribution in [-0.4, -0.2) is 33.9 Å². The fourth-order valence-corrected chi connectivity index (χ4v) is 1.85. The first-order valence-electron chi connectivity index (χ1n) is 4.89. The molecule has 0 amide bonds. The molecule has 0 aliphatic heterocycles. The van der Waals surface area contributed by atoms with E-state index in [2.05, 4.69) is 4.74 Å². The lowest BCUT2D eigenvalue weighted by Crippen LogP contribution is -2.24. The highest BCUT2D eigenvalue weighted by molar-refractivity contribution is 7.90. The topological polar surface area (TPSA) is 69.7 Å². The maximum atomic E-state index is 11.3. The molecule has 0 unspecified atom stereocenters. The van der Waals surface area contributed by atoms with E-state index in [0.717, 1.165) is 6.26 Å². The molecule has 6 heteroatoms. The number of carbonyl (C=O) groups is 1. The Bertz CT molecular complexity index is 506. The summed E-state index contributed by atoms with van der Waals surface area (Å²) in [5.74, 6) is -0.208. The molecule has 94 valence electrons. The summed E-state index contributed by atoms with van der Waals surface area (Å²) in [7, 11) is -2.02. The van der Waals surface area contributed by atoms with Crippen LogP contribution in [0.25, 0.3) is 0 Å². The predicted octanol–water partition coefficient (Wildman–Crippen LogP) is 1.03. The molecule has 17 heavy (non-hydrogen) atoms. The molecule has 1 aromatic rings. The first-order valence-corrected chi connectivity index (χ1v) is 6.78. The number of benzene rings is 1. The second-order valence-electron chi connectivity index (χ2n) is 3.53. The zero-order valence-corrected chi connectivity index (χ0v) is 10.7. The average Bonchev–Trinajstić information content (AvgIpc) is 2.27. The van der Waals surface area contributed by atoms with Crippen LogP contribution in [0, 0.1) is 0 Å². The van der Waals surface area contributed by atoms with Gasteiger partial charge in [-0.3, -0.25) is 0 Å². The van der Waals surface area contributed by atoms with E-state index in [1.165, 1.54) is 26.2 Å². The molecule has 5 nitrogen and oxygen atoms in total. The zero-order chi connectivity index (χ0) is 13.1. The Balaban J connectivity index is 2.90. The molecule has 0 bridgehead atoms. The van der Waals surface area contributed by atoms with Gasteiger partial charge in [-0.2, -0.15) is 0 Å². The molecule has 0 N–H and O–H groups in total. The summed E-state index contributed by atoms with van der Waals surface area (Å²) >= 11 is 0. The summed E-state index contributed by atoms with van der Waals surface area (Å²) < 4.78 is 32.4. The summed E-state index contributed by atoms with van der Waals surface area (Å²) in [6.07, 6.45) is 0.324. The van der Waals surface area contributed by atoms with Crippen molar-refractivity contribution in [2.24, 2.45) is 0 Å². The van der Waals surface area contributed by atoms with Crippen LogP contribution in [0.1, 0.15) is 6.92 Å². The molecule has 0 fully saturated rings. The molecule has 0 aromatic heterocycles. The lowest BCUT2D eigenvalue weighted by molar-refractivity contribution is -0.147. The highest BCUT2D eigenvalue weighted by Gasteiger charge is 2.15. The standard InChI is InChI=1S/C11H14O5S/c1-8(11(12)15-2)16-9-5-4-6-10(7-9)17(3,13)14/h4-8H,1-3H3/t8-/m0/s1. The van der Waals surface area contributed by atoms with Crippen LogP contribution >= 0.6 is 0 Å². The number of methoxy groups -OCH3 is 1. The van der Waals surface area contributed by atoms with Crippen LogP contribution in [0.15, 0.2) is 29.2 Å². The van der Waals surface area contributed by atoms with Gasteiger partial charge >= 0.3 is 5.97 Å². The Morgan fingerprint density at radius 2 is 2.00 bits per heavy atom. The second kappa shape index (κ2) is 5.18. The number of carbonyl (C=O) groups excluding carboxylic acids is 1. The summed E-state index contributed by atoms with van der Waals surface area (Å²) in [6.45, 7) is 1.53. The maximum Gasteiger partial charge on any atom is 0.346 e. The summed E-state index contributed by atoms with van der Waals surface area (Å²) in [4.78, 5) is 11.3. The number of hydrogen-bond acceptors (Lipinski definition) is 5. The van der Waals surface area contributed by atoms with E-state index in [4.69, 9.17) is 4.74 Å².